The molecule has 1 aromatic rings. The zero-order valence-corrected chi connectivity index (χ0v) is 10.3. The lowest BCUT2D eigenvalue weighted by Crippen LogP contribution is -2.14. The van der Waals surface area contributed by atoms with Crippen molar-refractivity contribution in [1.82, 2.24) is 4.57 Å². The zero-order chi connectivity index (χ0) is 11.7. The first kappa shape index (κ1) is 11.3. The molecule has 1 fully saturated rings. The van der Waals surface area contributed by atoms with Gasteiger partial charge in [0.15, 0.2) is 0 Å². The summed E-state index contributed by atoms with van der Waals surface area (Å²) in [5, 5.41) is 9.92. The van der Waals surface area contributed by atoms with E-state index in [0.717, 1.165) is 44.4 Å². The average Bonchev–Trinajstić information content (AvgIpc) is 2.95. The SMILES string of the molecule is OC1CCCc2c1ccn2CCC1CCCO1. The highest BCUT2D eigenvalue weighted by Gasteiger charge is 2.22. The number of aliphatic hydroxyl groups is 1. The summed E-state index contributed by atoms with van der Waals surface area (Å²) in [4.78, 5) is 0. The van der Waals surface area contributed by atoms with E-state index in [1.54, 1.807) is 0 Å². The molecular formula is C14H21NO2. The van der Waals surface area contributed by atoms with Gasteiger partial charge in [0.05, 0.1) is 12.2 Å². The Morgan fingerprint density at radius 2 is 2.29 bits per heavy atom. The lowest BCUT2D eigenvalue weighted by Gasteiger charge is -2.20. The van der Waals surface area contributed by atoms with Crippen LogP contribution >= 0.6 is 0 Å². The molecular weight excluding hydrogens is 214 g/mol. The molecule has 0 amide bonds. The number of ether oxygens (including phenoxy) is 1. The maximum Gasteiger partial charge on any atom is 0.0807 e. The highest BCUT2D eigenvalue weighted by Crippen LogP contribution is 2.30. The number of hydrogen-bond acceptors (Lipinski definition) is 2. The monoisotopic (exact) mass is 235 g/mol. The molecule has 1 aliphatic carbocycles. The molecule has 2 heterocycles. The molecule has 1 N–H and O–H groups in total. The van der Waals surface area contributed by atoms with Gasteiger partial charge in [0.2, 0.25) is 0 Å². The van der Waals surface area contributed by atoms with Gasteiger partial charge in [-0.05, 0) is 44.6 Å². The van der Waals surface area contributed by atoms with Crippen molar-refractivity contribution in [2.24, 2.45) is 0 Å². The minimum Gasteiger partial charge on any atom is -0.388 e. The van der Waals surface area contributed by atoms with Crippen molar-refractivity contribution >= 4 is 0 Å². The zero-order valence-electron chi connectivity index (χ0n) is 10.3. The second kappa shape index (κ2) is 4.83. The van der Waals surface area contributed by atoms with Crippen molar-refractivity contribution in [2.45, 2.75) is 57.3 Å². The fraction of sp³-hybridized carbons (Fsp3) is 0.714. The molecule has 0 spiro atoms. The Morgan fingerprint density at radius 3 is 3.12 bits per heavy atom. The Labute approximate surface area is 102 Å². The van der Waals surface area contributed by atoms with Crippen LogP contribution in [0.15, 0.2) is 12.3 Å². The van der Waals surface area contributed by atoms with E-state index in [2.05, 4.69) is 16.8 Å². The van der Waals surface area contributed by atoms with Crippen LogP contribution in [0.5, 0.6) is 0 Å². The van der Waals surface area contributed by atoms with Gasteiger partial charge in [-0.1, -0.05) is 0 Å². The summed E-state index contributed by atoms with van der Waals surface area (Å²) in [6, 6.07) is 2.09. The van der Waals surface area contributed by atoms with Crippen molar-refractivity contribution in [1.29, 1.82) is 0 Å². The molecule has 0 bridgehead atoms. The van der Waals surface area contributed by atoms with Gasteiger partial charge in [0.25, 0.3) is 0 Å². The van der Waals surface area contributed by atoms with Crippen LogP contribution in [0, 0.1) is 0 Å². The van der Waals surface area contributed by atoms with Gasteiger partial charge in [-0.15, -0.1) is 0 Å². The van der Waals surface area contributed by atoms with Gasteiger partial charge < -0.3 is 14.4 Å². The minimum atomic E-state index is -0.234. The molecule has 0 radical (unpaired) electrons. The van der Waals surface area contributed by atoms with Crippen LogP contribution in [0.3, 0.4) is 0 Å². The van der Waals surface area contributed by atoms with Gasteiger partial charge in [-0.3, -0.25) is 0 Å². The summed E-state index contributed by atoms with van der Waals surface area (Å²) in [6.45, 7) is 1.97. The second-order valence-corrected chi connectivity index (χ2v) is 5.24. The Hall–Kier alpha value is -0.800. The predicted octanol–water partition coefficient (Wildman–Crippen LogP) is 2.43. The van der Waals surface area contributed by atoms with Crippen LogP contribution < -0.4 is 0 Å². The van der Waals surface area contributed by atoms with E-state index in [9.17, 15) is 5.11 Å². The van der Waals surface area contributed by atoms with Crippen LogP contribution in [0.25, 0.3) is 0 Å². The summed E-state index contributed by atoms with van der Waals surface area (Å²) >= 11 is 0. The first-order valence-corrected chi connectivity index (χ1v) is 6.82. The number of fused-ring (bicyclic) bond motifs is 1. The van der Waals surface area contributed by atoms with Crippen molar-refractivity contribution in [3.8, 4) is 0 Å². The van der Waals surface area contributed by atoms with Crippen LogP contribution in [-0.2, 0) is 17.7 Å². The third-order valence-electron chi connectivity index (χ3n) is 4.08. The minimum absolute atomic E-state index is 0.234. The summed E-state index contributed by atoms with van der Waals surface area (Å²) < 4.78 is 7.97. The number of aryl methyl sites for hydroxylation is 1. The molecule has 1 aromatic heterocycles. The van der Waals surface area contributed by atoms with Gasteiger partial charge in [-0.25, -0.2) is 0 Å². The molecule has 1 aliphatic heterocycles. The molecule has 1 saturated heterocycles. The van der Waals surface area contributed by atoms with Crippen LogP contribution in [-0.4, -0.2) is 22.4 Å². The lowest BCUT2D eigenvalue weighted by atomic mass is 9.95. The molecule has 0 aromatic carbocycles. The molecule has 2 unspecified atom stereocenters. The fourth-order valence-electron chi connectivity index (χ4n) is 3.10. The Morgan fingerprint density at radius 1 is 1.35 bits per heavy atom. The summed E-state index contributed by atoms with van der Waals surface area (Å²) in [7, 11) is 0. The van der Waals surface area contributed by atoms with Gasteiger partial charge in [0, 0.05) is 30.6 Å². The van der Waals surface area contributed by atoms with Crippen LogP contribution in [0.1, 0.15) is 49.5 Å². The number of aromatic nitrogens is 1. The maximum absolute atomic E-state index is 9.92. The fourth-order valence-corrected chi connectivity index (χ4v) is 3.10. The molecule has 2 aliphatic rings. The summed E-state index contributed by atoms with van der Waals surface area (Å²) in [5.41, 5.74) is 2.50. The van der Waals surface area contributed by atoms with E-state index in [0.29, 0.717) is 6.10 Å². The molecule has 17 heavy (non-hydrogen) atoms. The lowest BCUT2D eigenvalue weighted by molar-refractivity contribution is 0.0999. The second-order valence-electron chi connectivity index (χ2n) is 5.24. The Balaban J connectivity index is 1.66. The third kappa shape index (κ3) is 2.26. The molecule has 3 heteroatoms. The van der Waals surface area contributed by atoms with Crippen molar-refractivity contribution in [3.05, 3.63) is 23.5 Å². The highest BCUT2D eigenvalue weighted by atomic mass is 16.5. The average molecular weight is 235 g/mol. The van der Waals surface area contributed by atoms with E-state index in [1.165, 1.54) is 18.5 Å². The van der Waals surface area contributed by atoms with Gasteiger partial charge in [-0.2, -0.15) is 0 Å². The number of aliphatic hydroxyl groups excluding tert-OH is 1. The molecule has 2 atom stereocenters. The maximum atomic E-state index is 9.92. The number of hydrogen-bond donors (Lipinski definition) is 1. The first-order valence-electron chi connectivity index (χ1n) is 6.82. The molecule has 3 rings (SSSR count). The van der Waals surface area contributed by atoms with Gasteiger partial charge in [0.1, 0.15) is 0 Å². The first-order chi connectivity index (χ1) is 8.34. The summed E-state index contributed by atoms with van der Waals surface area (Å²) in [5.74, 6) is 0. The summed E-state index contributed by atoms with van der Waals surface area (Å²) in [6.07, 6.45) is 9.04. The standard InChI is InChI=1S/C14H21NO2/c16-14-5-1-4-13-12(14)7-9-15(13)8-6-11-3-2-10-17-11/h7,9,11,14,16H,1-6,8,10H2. The van der Waals surface area contributed by atoms with E-state index < -0.39 is 0 Å². The Bertz CT molecular complexity index is 380. The topological polar surface area (TPSA) is 34.4 Å². The van der Waals surface area contributed by atoms with Crippen molar-refractivity contribution in [3.63, 3.8) is 0 Å². The molecule has 94 valence electrons. The van der Waals surface area contributed by atoms with Crippen molar-refractivity contribution < 1.29 is 9.84 Å². The highest BCUT2D eigenvalue weighted by molar-refractivity contribution is 5.27. The largest absolute Gasteiger partial charge is 0.388 e. The van der Waals surface area contributed by atoms with E-state index >= 15 is 0 Å². The van der Waals surface area contributed by atoms with E-state index in [1.807, 2.05) is 0 Å². The van der Waals surface area contributed by atoms with E-state index in [-0.39, 0.29) is 6.10 Å². The molecule has 0 saturated carbocycles. The normalized spacial score (nSPS) is 28.3. The van der Waals surface area contributed by atoms with Gasteiger partial charge >= 0.3 is 0 Å². The number of rotatable bonds is 3. The van der Waals surface area contributed by atoms with Crippen LogP contribution in [0.2, 0.25) is 0 Å². The smallest absolute Gasteiger partial charge is 0.0807 e. The Kier molecular flexibility index (Phi) is 3.21. The quantitative estimate of drug-likeness (QED) is 0.873. The predicted molar refractivity (Wildman–Crippen MR) is 65.9 cm³/mol. The van der Waals surface area contributed by atoms with E-state index in [4.69, 9.17) is 4.74 Å². The van der Waals surface area contributed by atoms with Crippen LogP contribution in [0.4, 0.5) is 0 Å². The number of nitrogens with zero attached hydrogens (tertiary/aromatic N) is 1. The third-order valence-corrected chi connectivity index (χ3v) is 4.08. The van der Waals surface area contributed by atoms with Crippen molar-refractivity contribution in [2.75, 3.05) is 6.61 Å². The molecule has 3 nitrogen and oxygen atoms in total.